The molecule has 0 aliphatic carbocycles. The third-order valence-electron chi connectivity index (χ3n) is 3.49. The van der Waals surface area contributed by atoms with Crippen LogP contribution in [0.1, 0.15) is 57.4 Å². The van der Waals surface area contributed by atoms with E-state index in [1.54, 1.807) is 0 Å². The van der Waals surface area contributed by atoms with E-state index in [4.69, 9.17) is 0 Å². The first-order chi connectivity index (χ1) is 9.36. The molecule has 0 amide bonds. The lowest BCUT2D eigenvalue weighted by atomic mass is 9.94. The second kappa shape index (κ2) is 11.3. The lowest BCUT2D eigenvalue weighted by Crippen LogP contribution is -2.02. The Bertz CT molecular complexity index is 372. The van der Waals surface area contributed by atoms with E-state index in [1.165, 1.54) is 50.5 Å². The molecule has 0 aromatic heterocycles. The summed E-state index contributed by atoms with van der Waals surface area (Å²) >= 11 is 2.16. The molecule has 0 heterocycles. The number of rotatable bonds is 9. The van der Waals surface area contributed by atoms with Gasteiger partial charge in [-0.2, -0.15) is 0 Å². The van der Waals surface area contributed by atoms with Crippen LogP contribution >= 0.6 is 22.6 Å². The molecule has 1 heteroatoms. The predicted octanol–water partition coefficient (Wildman–Crippen LogP) is 5.99. The van der Waals surface area contributed by atoms with Gasteiger partial charge in [0.15, 0.2) is 0 Å². The average molecular weight is 368 g/mol. The molecule has 0 fully saturated rings. The standard InChI is InChI=1S/C18H25I/c1-2-3-4-5-6-8-13-18(14-15-19)16-17-11-9-7-10-12-17/h7,9-12,18H,2-6,8,13,16H2,1H3. The third kappa shape index (κ3) is 8.31. The summed E-state index contributed by atoms with van der Waals surface area (Å²) in [5.41, 5.74) is 1.41. The topological polar surface area (TPSA) is 0 Å². The van der Waals surface area contributed by atoms with Crippen molar-refractivity contribution in [3.63, 3.8) is 0 Å². The molecular weight excluding hydrogens is 343 g/mol. The highest BCUT2D eigenvalue weighted by Gasteiger charge is 2.06. The molecule has 104 valence electrons. The van der Waals surface area contributed by atoms with Crippen molar-refractivity contribution in [2.75, 3.05) is 0 Å². The second-order valence-electron chi connectivity index (χ2n) is 5.18. The van der Waals surface area contributed by atoms with Gasteiger partial charge >= 0.3 is 0 Å². The summed E-state index contributed by atoms with van der Waals surface area (Å²) in [6, 6.07) is 10.7. The summed E-state index contributed by atoms with van der Waals surface area (Å²) in [6.07, 6.45) is 10.6. The fourth-order valence-electron chi connectivity index (χ4n) is 2.37. The van der Waals surface area contributed by atoms with E-state index in [9.17, 15) is 0 Å². The maximum Gasteiger partial charge on any atom is 0.0251 e. The maximum absolute atomic E-state index is 3.37. The van der Waals surface area contributed by atoms with E-state index in [-0.39, 0.29) is 0 Å². The van der Waals surface area contributed by atoms with Crippen molar-refractivity contribution in [3.8, 4) is 9.85 Å². The zero-order valence-electron chi connectivity index (χ0n) is 12.0. The summed E-state index contributed by atoms with van der Waals surface area (Å²) < 4.78 is 3.07. The van der Waals surface area contributed by atoms with E-state index < -0.39 is 0 Å². The summed E-state index contributed by atoms with van der Waals surface area (Å²) in [5.74, 6) is 3.90. The number of unbranched alkanes of at least 4 members (excludes halogenated alkanes) is 5. The summed E-state index contributed by atoms with van der Waals surface area (Å²) in [5, 5.41) is 0. The molecule has 0 bridgehead atoms. The van der Waals surface area contributed by atoms with E-state index >= 15 is 0 Å². The molecule has 0 N–H and O–H groups in total. The van der Waals surface area contributed by atoms with Crippen molar-refractivity contribution in [2.24, 2.45) is 5.92 Å². The predicted molar refractivity (Wildman–Crippen MR) is 93.4 cm³/mol. The molecule has 0 radical (unpaired) electrons. The second-order valence-corrected chi connectivity index (χ2v) is 5.72. The molecule has 0 spiro atoms. The van der Waals surface area contributed by atoms with Gasteiger partial charge in [-0.1, -0.05) is 81.7 Å². The monoisotopic (exact) mass is 368 g/mol. The molecule has 0 saturated carbocycles. The Morgan fingerprint density at radius 1 is 1.00 bits per heavy atom. The van der Waals surface area contributed by atoms with Gasteiger partial charge < -0.3 is 0 Å². The Morgan fingerprint density at radius 3 is 2.37 bits per heavy atom. The van der Waals surface area contributed by atoms with Gasteiger partial charge in [-0.15, -0.1) is 0 Å². The molecule has 1 aromatic carbocycles. The maximum atomic E-state index is 3.37. The highest BCUT2D eigenvalue weighted by Crippen LogP contribution is 2.16. The smallest absolute Gasteiger partial charge is 0.0251 e. The van der Waals surface area contributed by atoms with Crippen LogP contribution in [0, 0.1) is 15.8 Å². The lowest BCUT2D eigenvalue weighted by Gasteiger charge is -2.10. The number of hydrogen-bond donors (Lipinski definition) is 0. The minimum Gasteiger partial charge on any atom is -0.0881 e. The Hall–Kier alpha value is -0.490. The fraction of sp³-hybridized carbons (Fsp3) is 0.556. The van der Waals surface area contributed by atoms with Gasteiger partial charge in [0.25, 0.3) is 0 Å². The van der Waals surface area contributed by atoms with Crippen LogP contribution in [0.15, 0.2) is 30.3 Å². The fourth-order valence-corrected chi connectivity index (χ4v) is 2.81. The van der Waals surface area contributed by atoms with Crippen molar-refractivity contribution < 1.29 is 0 Å². The average Bonchev–Trinajstić information content (AvgIpc) is 2.44. The Morgan fingerprint density at radius 2 is 1.68 bits per heavy atom. The van der Waals surface area contributed by atoms with E-state index in [2.05, 4.69) is 69.7 Å². The molecule has 1 rings (SSSR count). The molecule has 1 aromatic rings. The molecule has 19 heavy (non-hydrogen) atoms. The van der Waals surface area contributed by atoms with Gasteiger partial charge in [-0.25, -0.2) is 0 Å². The summed E-state index contributed by atoms with van der Waals surface area (Å²) in [4.78, 5) is 0. The van der Waals surface area contributed by atoms with Gasteiger partial charge in [0, 0.05) is 28.5 Å². The van der Waals surface area contributed by atoms with Gasteiger partial charge in [0.05, 0.1) is 0 Å². The molecule has 0 aliphatic heterocycles. The molecule has 0 saturated heterocycles. The first-order valence-electron chi connectivity index (χ1n) is 7.52. The van der Waals surface area contributed by atoms with E-state index in [0.29, 0.717) is 5.92 Å². The minimum absolute atomic E-state index is 0.533. The van der Waals surface area contributed by atoms with E-state index in [0.717, 1.165) is 6.42 Å². The van der Waals surface area contributed by atoms with Crippen LogP contribution in [0.4, 0.5) is 0 Å². The van der Waals surface area contributed by atoms with E-state index in [1.807, 2.05) is 0 Å². The van der Waals surface area contributed by atoms with Crippen molar-refractivity contribution in [1.82, 2.24) is 0 Å². The van der Waals surface area contributed by atoms with Crippen LogP contribution in [0.5, 0.6) is 0 Å². The van der Waals surface area contributed by atoms with Gasteiger partial charge in [-0.3, -0.25) is 0 Å². The van der Waals surface area contributed by atoms with Gasteiger partial charge in [-0.05, 0) is 22.3 Å². The first-order valence-corrected chi connectivity index (χ1v) is 8.59. The van der Waals surface area contributed by atoms with Crippen LogP contribution in [0.2, 0.25) is 0 Å². The van der Waals surface area contributed by atoms with Crippen molar-refractivity contribution in [3.05, 3.63) is 35.9 Å². The van der Waals surface area contributed by atoms with Crippen molar-refractivity contribution in [1.29, 1.82) is 0 Å². The number of hydrogen-bond acceptors (Lipinski definition) is 0. The Labute approximate surface area is 132 Å². The van der Waals surface area contributed by atoms with Crippen LogP contribution < -0.4 is 0 Å². The third-order valence-corrected chi connectivity index (χ3v) is 3.80. The van der Waals surface area contributed by atoms with Gasteiger partial charge in [0.1, 0.15) is 0 Å². The SMILES string of the molecule is CCCCCCCCC(C#CI)Cc1ccccc1. The first kappa shape index (κ1) is 16.6. The zero-order chi connectivity index (χ0) is 13.8. The molecule has 0 nitrogen and oxygen atoms in total. The molecule has 1 unspecified atom stereocenters. The zero-order valence-corrected chi connectivity index (χ0v) is 14.2. The lowest BCUT2D eigenvalue weighted by molar-refractivity contribution is 0.527. The van der Waals surface area contributed by atoms with Crippen molar-refractivity contribution >= 4 is 22.6 Å². The molecule has 1 atom stereocenters. The Kier molecular flexibility index (Phi) is 9.89. The van der Waals surface area contributed by atoms with Crippen LogP contribution in [-0.2, 0) is 6.42 Å². The molecular formula is C18H25I. The molecule has 0 aliphatic rings. The van der Waals surface area contributed by atoms with Crippen molar-refractivity contribution in [2.45, 2.75) is 58.3 Å². The number of benzene rings is 1. The summed E-state index contributed by atoms with van der Waals surface area (Å²) in [7, 11) is 0. The quantitative estimate of drug-likeness (QED) is 0.285. The van der Waals surface area contributed by atoms with Crippen LogP contribution in [0.3, 0.4) is 0 Å². The largest absolute Gasteiger partial charge is 0.0881 e. The Balaban J connectivity index is 2.26. The number of halogens is 1. The van der Waals surface area contributed by atoms with Crippen LogP contribution in [-0.4, -0.2) is 0 Å². The summed E-state index contributed by atoms with van der Waals surface area (Å²) in [6.45, 7) is 2.27. The minimum atomic E-state index is 0.533. The normalized spacial score (nSPS) is 11.7. The van der Waals surface area contributed by atoms with Crippen LogP contribution in [0.25, 0.3) is 0 Å². The highest BCUT2D eigenvalue weighted by molar-refractivity contribution is 14.1. The van der Waals surface area contributed by atoms with Gasteiger partial charge in [0.2, 0.25) is 0 Å². The highest BCUT2D eigenvalue weighted by atomic mass is 127.